The highest BCUT2D eigenvalue weighted by Crippen LogP contribution is 2.26. The number of rotatable bonds is 7. The maximum absolute atomic E-state index is 12.9. The van der Waals surface area contributed by atoms with Crippen LogP contribution in [0.15, 0.2) is 29.2 Å². The average Bonchev–Trinajstić information content (AvgIpc) is 2.36. The Morgan fingerprint density at radius 2 is 1.75 bits per heavy atom. The van der Waals surface area contributed by atoms with Crippen molar-refractivity contribution in [1.29, 1.82) is 0 Å². The molecule has 1 aromatic rings. The third-order valence-electron chi connectivity index (χ3n) is 2.96. The van der Waals surface area contributed by atoms with Crippen molar-refractivity contribution < 1.29 is 8.42 Å². The summed E-state index contributed by atoms with van der Waals surface area (Å²) >= 11 is 0. The molecule has 5 heteroatoms. The Morgan fingerprint density at radius 1 is 1.15 bits per heavy atom. The van der Waals surface area contributed by atoms with Gasteiger partial charge in [-0.25, -0.2) is 8.42 Å². The van der Waals surface area contributed by atoms with Crippen LogP contribution >= 0.6 is 0 Å². The fourth-order valence-electron chi connectivity index (χ4n) is 2.10. The molecule has 0 radical (unpaired) electrons. The van der Waals surface area contributed by atoms with E-state index in [2.05, 4.69) is 5.32 Å². The Bertz CT molecular complexity index is 524. The van der Waals surface area contributed by atoms with Crippen molar-refractivity contribution in [3.05, 3.63) is 24.3 Å². The van der Waals surface area contributed by atoms with Gasteiger partial charge < -0.3 is 5.32 Å². The van der Waals surface area contributed by atoms with Gasteiger partial charge in [-0.1, -0.05) is 26.0 Å². The van der Waals surface area contributed by atoms with Crippen LogP contribution in [-0.2, 0) is 10.0 Å². The zero-order chi connectivity index (χ0) is 15.3. The number of sulfonamides is 1. The van der Waals surface area contributed by atoms with Gasteiger partial charge in [0.1, 0.15) is 4.90 Å². The predicted molar refractivity (Wildman–Crippen MR) is 84.5 cm³/mol. The topological polar surface area (TPSA) is 49.4 Å². The highest BCUT2D eigenvalue weighted by atomic mass is 32.2. The first kappa shape index (κ1) is 17.0. The van der Waals surface area contributed by atoms with Crippen LogP contribution in [0.5, 0.6) is 0 Å². The van der Waals surface area contributed by atoms with Crippen LogP contribution in [0.1, 0.15) is 34.6 Å². The van der Waals surface area contributed by atoms with E-state index < -0.39 is 10.0 Å². The third-order valence-corrected chi connectivity index (χ3v) is 5.06. The van der Waals surface area contributed by atoms with E-state index in [0.717, 1.165) is 0 Å². The van der Waals surface area contributed by atoms with Gasteiger partial charge in [-0.15, -0.1) is 0 Å². The Labute approximate surface area is 123 Å². The van der Waals surface area contributed by atoms with Crippen molar-refractivity contribution in [2.24, 2.45) is 5.92 Å². The molecule has 0 unspecified atom stereocenters. The second kappa shape index (κ2) is 7.09. The number of benzene rings is 1. The van der Waals surface area contributed by atoms with Crippen molar-refractivity contribution in [3.63, 3.8) is 0 Å². The van der Waals surface area contributed by atoms with Crippen molar-refractivity contribution in [2.75, 3.05) is 18.4 Å². The molecule has 0 aliphatic rings. The van der Waals surface area contributed by atoms with Gasteiger partial charge in [0.2, 0.25) is 10.0 Å². The largest absolute Gasteiger partial charge is 0.384 e. The molecule has 20 heavy (non-hydrogen) atoms. The number of hydrogen-bond donors (Lipinski definition) is 1. The van der Waals surface area contributed by atoms with Gasteiger partial charge in [0.15, 0.2) is 0 Å². The molecule has 4 nitrogen and oxygen atoms in total. The molecule has 0 aliphatic carbocycles. The molecule has 0 fully saturated rings. The van der Waals surface area contributed by atoms with Crippen LogP contribution in [-0.4, -0.2) is 31.9 Å². The maximum Gasteiger partial charge on any atom is 0.245 e. The van der Waals surface area contributed by atoms with Crippen molar-refractivity contribution in [3.8, 4) is 0 Å². The van der Waals surface area contributed by atoms with E-state index in [4.69, 9.17) is 0 Å². The summed E-state index contributed by atoms with van der Waals surface area (Å²) in [5.41, 5.74) is 0.671. The van der Waals surface area contributed by atoms with Crippen LogP contribution < -0.4 is 5.32 Å². The SMILES string of the molecule is CCNc1ccccc1S(=O)(=O)N(CC(C)C)C(C)C. The lowest BCUT2D eigenvalue weighted by atomic mass is 10.2. The second-order valence-corrected chi connectivity index (χ2v) is 7.45. The maximum atomic E-state index is 12.9. The summed E-state index contributed by atoms with van der Waals surface area (Å²) in [6.45, 7) is 11.1. The minimum Gasteiger partial charge on any atom is -0.384 e. The van der Waals surface area contributed by atoms with Crippen LogP contribution in [0, 0.1) is 5.92 Å². The summed E-state index contributed by atoms with van der Waals surface area (Å²) in [4.78, 5) is 0.358. The quantitative estimate of drug-likeness (QED) is 0.841. The lowest BCUT2D eigenvalue weighted by molar-refractivity contribution is 0.319. The van der Waals surface area contributed by atoms with E-state index >= 15 is 0 Å². The fraction of sp³-hybridized carbons (Fsp3) is 0.600. The summed E-state index contributed by atoms with van der Waals surface area (Å²) < 4.78 is 27.4. The summed E-state index contributed by atoms with van der Waals surface area (Å²) in [5.74, 6) is 0.290. The van der Waals surface area contributed by atoms with Crippen LogP contribution in [0.25, 0.3) is 0 Å². The molecule has 0 spiro atoms. The Kier molecular flexibility index (Phi) is 6.02. The standard InChI is InChI=1S/C15H26N2O2S/c1-6-16-14-9-7-8-10-15(14)20(18,19)17(13(4)5)11-12(2)3/h7-10,12-13,16H,6,11H2,1-5H3. The summed E-state index contributed by atoms with van der Waals surface area (Å²) in [7, 11) is -3.48. The lowest BCUT2D eigenvalue weighted by Crippen LogP contribution is -2.39. The summed E-state index contributed by atoms with van der Waals surface area (Å²) in [6.07, 6.45) is 0. The van der Waals surface area contributed by atoms with Crippen molar-refractivity contribution >= 4 is 15.7 Å². The molecular formula is C15H26N2O2S. The Morgan fingerprint density at radius 3 is 2.25 bits per heavy atom. The Balaban J connectivity index is 3.26. The van der Waals surface area contributed by atoms with Crippen LogP contribution in [0.4, 0.5) is 5.69 Å². The molecule has 1 N–H and O–H groups in total. The van der Waals surface area contributed by atoms with Gasteiger partial charge in [0.25, 0.3) is 0 Å². The number of nitrogens with zero attached hydrogens (tertiary/aromatic N) is 1. The second-order valence-electron chi connectivity index (χ2n) is 5.59. The molecule has 1 rings (SSSR count). The van der Waals surface area contributed by atoms with Gasteiger partial charge in [-0.3, -0.25) is 0 Å². The normalized spacial score (nSPS) is 12.4. The smallest absolute Gasteiger partial charge is 0.245 e. The fourth-order valence-corrected chi connectivity index (χ4v) is 4.07. The monoisotopic (exact) mass is 298 g/mol. The number of nitrogens with one attached hydrogen (secondary N) is 1. The first-order chi connectivity index (χ1) is 9.30. The number of para-hydroxylation sites is 1. The van der Waals surface area contributed by atoms with E-state index in [1.165, 1.54) is 0 Å². The van der Waals surface area contributed by atoms with Gasteiger partial charge in [0, 0.05) is 19.1 Å². The zero-order valence-electron chi connectivity index (χ0n) is 13.1. The molecule has 0 amide bonds. The van der Waals surface area contributed by atoms with Crippen molar-refractivity contribution in [2.45, 2.75) is 45.6 Å². The minimum absolute atomic E-state index is 0.0583. The summed E-state index contributed by atoms with van der Waals surface area (Å²) in [6, 6.07) is 7.03. The molecule has 0 bridgehead atoms. The zero-order valence-corrected chi connectivity index (χ0v) is 13.9. The first-order valence-corrected chi connectivity index (χ1v) is 8.59. The average molecular weight is 298 g/mol. The third kappa shape index (κ3) is 3.96. The number of anilines is 1. The molecular weight excluding hydrogens is 272 g/mol. The van der Waals surface area contributed by atoms with E-state index in [1.807, 2.05) is 46.8 Å². The molecule has 0 heterocycles. The summed E-state index contributed by atoms with van der Waals surface area (Å²) in [5, 5.41) is 3.12. The van der Waals surface area contributed by atoms with Crippen LogP contribution in [0.2, 0.25) is 0 Å². The first-order valence-electron chi connectivity index (χ1n) is 7.15. The van der Waals surface area contributed by atoms with Crippen molar-refractivity contribution in [1.82, 2.24) is 4.31 Å². The van der Waals surface area contributed by atoms with E-state index in [1.54, 1.807) is 16.4 Å². The number of hydrogen-bond acceptors (Lipinski definition) is 3. The van der Waals surface area contributed by atoms with Gasteiger partial charge in [-0.05, 0) is 38.8 Å². The van der Waals surface area contributed by atoms with Gasteiger partial charge >= 0.3 is 0 Å². The molecule has 0 saturated carbocycles. The Hall–Kier alpha value is -1.07. The highest BCUT2D eigenvalue weighted by Gasteiger charge is 2.29. The molecule has 0 saturated heterocycles. The predicted octanol–water partition coefficient (Wildman–Crippen LogP) is 3.17. The molecule has 114 valence electrons. The lowest BCUT2D eigenvalue weighted by Gasteiger charge is -2.28. The molecule has 0 aromatic heterocycles. The molecule has 0 atom stereocenters. The van der Waals surface area contributed by atoms with Gasteiger partial charge in [-0.2, -0.15) is 4.31 Å². The van der Waals surface area contributed by atoms with Gasteiger partial charge in [0.05, 0.1) is 5.69 Å². The minimum atomic E-state index is -3.48. The highest BCUT2D eigenvalue weighted by molar-refractivity contribution is 7.89. The van der Waals surface area contributed by atoms with Crippen LogP contribution in [0.3, 0.4) is 0 Å². The van der Waals surface area contributed by atoms with E-state index in [0.29, 0.717) is 29.6 Å². The molecule has 1 aromatic carbocycles. The van der Waals surface area contributed by atoms with E-state index in [-0.39, 0.29) is 6.04 Å². The van der Waals surface area contributed by atoms with E-state index in [9.17, 15) is 8.42 Å². The molecule has 0 aliphatic heterocycles.